The largest absolute Gasteiger partial charge is 0.481 e. The number of carbonyl (C=O) groups is 2. The Morgan fingerprint density at radius 3 is 2.60 bits per heavy atom. The third-order valence-electron chi connectivity index (χ3n) is 3.16. The van der Waals surface area contributed by atoms with Gasteiger partial charge in [-0.05, 0) is 37.1 Å². The number of amides is 1. The second-order valence-electron chi connectivity index (χ2n) is 4.61. The van der Waals surface area contributed by atoms with E-state index in [1.165, 1.54) is 4.90 Å². The summed E-state index contributed by atoms with van der Waals surface area (Å²) >= 11 is 5.83. The Bertz CT molecular complexity index is 482. The average Bonchev–Trinajstić information content (AvgIpc) is 2.94. The standard InChI is InChI=1S/C14H16ClNO4/c15-10-3-5-11(6-4-10)16(8-7-13(17)18)14(19)12-2-1-9-20-12/h3-6,12H,1-2,7-9H2,(H,17,18). The molecule has 0 aliphatic carbocycles. The van der Waals surface area contributed by atoms with E-state index >= 15 is 0 Å². The van der Waals surface area contributed by atoms with E-state index in [2.05, 4.69) is 0 Å². The zero-order chi connectivity index (χ0) is 14.5. The quantitative estimate of drug-likeness (QED) is 0.906. The summed E-state index contributed by atoms with van der Waals surface area (Å²) in [5, 5.41) is 9.38. The molecule has 0 radical (unpaired) electrons. The molecule has 2 rings (SSSR count). The molecule has 0 aromatic heterocycles. The average molecular weight is 298 g/mol. The normalized spacial score (nSPS) is 17.9. The van der Waals surface area contributed by atoms with Crippen molar-refractivity contribution in [2.24, 2.45) is 0 Å². The lowest BCUT2D eigenvalue weighted by molar-refractivity contribution is -0.136. The summed E-state index contributed by atoms with van der Waals surface area (Å²) in [6.07, 6.45) is 0.945. The summed E-state index contributed by atoms with van der Waals surface area (Å²) in [7, 11) is 0. The first-order valence-electron chi connectivity index (χ1n) is 6.48. The lowest BCUT2D eigenvalue weighted by Crippen LogP contribution is -2.40. The van der Waals surface area contributed by atoms with Crippen LogP contribution in [0.2, 0.25) is 5.02 Å². The highest BCUT2D eigenvalue weighted by molar-refractivity contribution is 6.30. The fraction of sp³-hybridized carbons (Fsp3) is 0.429. The van der Waals surface area contributed by atoms with E-state index < -0.39 is 12.1 Å². The highest BCUT2D eigenvalue weighted by Crippen LogP contribution is 2.22. The number of rotatable bonds is 5. The van der Waals surface area contributed by atoms with E-state index in [1.54, 1.807) is 24.3 Å². The summed E-state index contributed by atoms with van der Waals surface area (Å²) in [5.41, 5.74) is 0.635. The van der Waals surface area contributed by atoms with E-state index in [-0.39, 0.29) is 18.9 Å². The number of aliphatic carboxylic acids is 1. The van der Waals surface area contributed by atoms with Gasteiger partial charge in [-0.3, -0.25) is 9.59 Å². The number of halogens is 1. The number of ether oxygens (including phenoxy) is 1. The Kier molecular flexibility index (Phi) is 4.98. The van der Waals surface area contributed by atoms with Crippen LogP contribution >= 0.6 is 11.6 Å². The van der Waals surface area contributed by atoms with Crippen LogP contribution in [0, 0.1) is 0 Å². The molecule has 1 fully saturated rings. The first-order chi connectivity index (χ1) is 9.58. The van der Waals surface area contributed by atoms with Crippen LogP contribution in [0.4, 0.5) is 5.69 Å². The predicted octanol–water partition coefficient (Wildman–Crippen LogP) is 2.33. The maximum atomic E-state index is 12.4. The maximum Gasteiger partial charge on any atom is 0.305 e. The van der Waals surface area contributed by atoms with Gasteiger partial charge in [0, 0.05) is 23.9 Å². The predicted molar refractivity (Wildman–Crippen MR) is 75.0 cm³/mol. The molecule has 20 heavy (non-hydrogen) atoms. The molecule has 1 heterocycles. The van der Waals surface area contributed by atoms with Crippen molar-refractivity contribution in [3.63, 3.8) is 0 Å². The molecule has 0 saturated carbocycles. The number of hydrogen-bond donors (Lipinski definition) is 1. The Labute approximate surface area is 122 Å². The number of carbonyl (C=O) groups excluding carboxylic acids is 1. The van der Waals surface area contributed by atoms with Crippen LogP contribution < -0.4 is 4.90 Å². The van der Waals surface area contributed by atoms with Crippen molar-refractivity contribution >= 4 is 29.2 Å². The minimum absolute atomic E-state index is 0.110. The second-order valence-corrected chi connectivity index (χ2v) is 5.05. The zero-order valence-corrected chi connectivity index (χ0v) is 11.7. The van der Waals surface area contributed by atoms with Crippen LogP contribution in [-0.2, 0) is 14.3 Å². The van der Waals surface area contributed by atoms with E-state index in [0.29, 0.717) is 23.7 Å². The van der Waals surface area contributed by atoms with E-state index in [4.69, 9.17) is 21.4 Å². The molecule has 6 heteroatoms. The van der Waals surface area contributed by atoms with Crippen LogP contribution in [0.3, 0.4) is 0 Å². The van der Waals surface area contributed by atoms with Crippen molar-refractivity contribution in [1.29, 1.82) is 0 Å². The molecule has 1 atom stereocenters. The molecule has 0 bridgehead atoms. The first-order valence-corrected chi connectivity index (χ1v) is 6.86. The SMILES string of the molecule is O=C(O)CCN(C(=O)C1CCCO1)c1ccc(Cl)cc1. The summed E-state index contributed by atoms with van der Waals surface area (Å²) in [6, 6.07) is 6.76. The Morgan fingerprint density at radius 1 is 1.35 bits per heavy atom. The molecule has 1 aliphatic heterocycles. The van der Waals surface area contributed by atoms with Crippen LogP contribution in [-0.4, -0.2) is 36.2 Å². The topological polar surface area (TPSA) is 66.8 Å². The molecule has 1 unspecified atom stereocenters. The van der Waals surface area contributed by atoms with Crippen LogP contribution in [0.1, 0.15) is 19.3 Å². The van der Waals surface area contributed by atoms with E-state index in [1.807, 2.05) is 0 Å². The van der Waals surface area contributed by atoms with Gasteiger partial charge in [-0.25, -0.2) is 0 Å². The monoisotopic (exact) mass is 297 g/mol. The lowest BCUT2D eigenvalue weighted by atomic mass is 10.2. The van der Waals surface area contributed by atoms with Crippen molar-refractivity contribution in [2.75, 3.05) is 18.1 Å². The van der Waals surface area contributed by atoms with Crippen molar-refractivity contribution < 1.29 is 19.4 Å². The number of carboxylic acid groups (broad SMARTS) is 1. The van der Waals surface area contributed by atoms with Crippen molar-refractivity contribution in [1.82, 2.24) is 0 Å². The summed E-state index contributed by atoms with van der Waals surface area (Å²) in [6.45, 7) is 0.694. The number of hydrogen-bond acceptors (Lipinski definition) is 3. The zero-order valence-electron chi connectivity index (χ0n) is 10.9. The van der Waals surface area contributed by atoms with Gasteiger partial charge in [0.05, 0.1) is 6.42 Å². The van der Waals surface area contributed by atoms with Gasteiger partial charge in [-0.2, -0.15) is 0 Å². The molecule has 1 aromatic rings. The van der Waals surface area contributed by atoms with Gasteiger partial charge in [0.1, 0.15) is 6.10 Å². The maximum absolute atomic E-state index is 12.4. The van der Waals surface area contributed by atoms with Crippen molar-refractivity contribution in [2.45, 2.75) is 25.4 Å². The highest BCUT2D eigenvalue weighted by atomic mass is 35.5. The number of carboxylic acids is 1. The Morgan fingerprint density at radius 2 is 2.05 bits per heavy atom. The number of benzene rings is 1. The van der Waals surface area contributed by atoms with Crippen LogP contribution in [0.15, 0.2) is 24.3 Å². The Hall–Kier alpha value is -1.59. The van der Waals surface area contributed by atoms with Gasteiger partial charge < -0.3 is 14.7 Å². The summed E-state index contributed by atoms with van der Waals surface area (Å²) in [5.74, 6) is -1.13. The van der Waals surface area contributed by atoms with Crippen molar-refractivity contribution in [3.8, 4) is 0 Å². The van der Waals surface area contributed by atoms with Crippen LogP contribution in [0.25, 0.3) is 0 Å². The third-order valence-corrected chi connectivity index (χ3v) is 3.41. The van der Waals surface area contributed by atoms with Crippen molar-refractivity contribution in [3.05, 3.63) is 29.3 Å². The molecular formula is C14H16ClNO4. The van der Waals surface area contributed by atoms with Gasteiger partial charge >= 0.3 is 5.97 Å². The highest BCUT2D eigenvalue weighted by Gasteiger charge is 2.29. The molecule has 5 nitrogen and oxygen atoms in total. The smallest absolute Gasteiger partial charge is 0.305 e. The molecule has 1 saturated heterocycles. The minimum Gasteiger partial charge on any atom is -0.481 e. The third kappa shape index (κ3) is 3.71. The van der Waals surface area contributed by atoms with Gasteiger partial charge in [0.25, 0.3) is 5.91 Å². The van der Waals surface area contributed by atoms with E-state index in [0.717, 1.165) is 6.42 Å². The first kappa shape index (κ1) is 14.8. The number of anilines is 1. The summed E-state index contributed by atoms with van der Waals surface area (Å²) in [4.78, 5) is 24.6. The molecule has 1 aromatic carbocycles. The molecule has 1 amide bonds. The van der Waals surface area contributed by atoms with Gasteiger partial charge in [0.2, 0.25) is 0 Å². The fourth-order valence-electron chi connectivity index (χ4n) is 2.14. The Balaban J connectivity index is 2.16. The van der Waals surface area contributed by atoms with Gasteiger partial charge in [0.15, 0.2) is 0 Å². The molecule has 108 valence electrons. The lowest BCUT2D eigenvalue weighted by Gasteiger charge is -2.25. The second kappa shape index (κ2) is 6.72. The molecule has 1 N–H and O–H groups in total. The minimum atomic E-state index is -0.941. The summed E-state index contributed by atoms with van der Waals surface area (Å²) < 4.78 is 5.38. The molecule has 0 spiro atoms. The van der Waals surface area contributed by atoms with E-state index in [9.17, 15) is 9.59 Å². The fourth-order valence-corrected chi connectivity index (χ4v) is 2.27. The van der Waals surface area contributed by atoms with Crippen LogP contribution in [0.5, 0.6) is 0 Å². The molecular weight excluding hydrogens is 282 g/mol. The number of nitrogens with zero attached hydrogens (tertiary/aromatic N) is 1. The molecule has 1 aliphatic rings. The van der Waals surface area contributed by atoms with Gasteiger partial charge in [-0.1, -0.05) is 11.6 Å². The van der Waals surface area contributed by atoms with Gasteiger partial charge in [-0.15, -0.1) is 0 Å².